The quantitative estimate of drug-likeness (QED) is 0.0571. The third kappa shape index (κ3) is 15.2. The highest BCUT2D eigenvalue weighted by Gasteiger charge is 2.19. The Kier molecular flexibility index (Phi) is 19.4. The fourth-order valence-electron chi connectivity index (χ4n) is 5.68. The number of aryl methyl sites for hydroxylation is 2. The summed E-state index contributed by atoms with van der Waals surface area (Å²) >= 11 is 0. The van der Waals surface area contributed by atoms with Gasteiger partial charge in [0.05, 0.1) is 11.1 Å². The van der Waals surface area contributed by atoms with Gasteiger partial charge < -0.3 is 10.2 Å². The van der Waals surface area contributed by atoms with Crippen LogP contribution in [0.3, 0.4) is 0 Å². The van der Waals surface area contributed by atoms with Gasteiger partial charge in [-0.05, 0) is 80.3 Å². The van der Waals surface area contributed by atoms with E-state index in [2.05, 4.69) is 35.6 Å². The van der Waals surface area contributed by atoms with Gasteiger partial charge in [0.2, 0.25) is 11.8 Å². The number of benzene rings is 2. The molecule has 0 fully saturated rings. The van der Waals surface area contributed by atoms with E-state index in [9.17, 15) is 29.4 Å². The van der Waals surface area contributed by atoms with Crippen LogP contribution in [0, 0.1) is 5.92 Å². The summed E-state index contributed by atoms with van der Waals surface area (Å²) in [6, 6.07) is 10.0. The Labute approximate surface area is 286 Å². The molecule has 1 atom stereocenters. The molecule has 0 bridgehead atoms. The van der Waals surface area contributed by atoms with Crippen LogP contribution in [-0.2, 0) is 22.4 Å². The Morgan fingerprint density at radius 3 is 1.58 bits per heavy atom. The van der Waals surface area contributed by atoms with Crippen molar-refractivity contribution in [2.45, 2.75) is 136 Å². The molecular formula is C38H58N4O6. The highest BCUT2D eigenvalue weighted by Crippen LogP contribution is 2.22. The lowest BCUT2D eigenvalue weighted by atomic mass is 9.95. The maximum absolute atomic E-state index is 12.9. The Balaban J connectivity index is 1.69. The van der Waals surface area contributed by atoms with Gasteiger partial charge in [0.15, 0.2) is 0 Å². The average Bonchev–Trinajstić information content (AvgIpc) is 3.08. The molecule has 0 radical (unpaired) electrons. The largest absolute Gasteiger partial charge is 0.507 e. The molecule has 0 aliphatic carbocycles. The lowest BCUT2D eigenvalue weighted by Gasteiger charge is -2.17. The molecule has 6 N–H and O–H groups in total. The first-order valence-electron chi connectivity index (χ1n) is 18.0. The summed E-state index contributed by atoms with van der Waals surface area (Å²) in [4.78, 5) is 50.5. The molecular weight excluding hydrogens is 608 g/mol. The van der Waals surface area contributed by atoms with Gasteiger partial charge in [-0.3, -0.25) is 40.9 Å². The third-order valence-electron chi connectivity index (χ3n) is 8.58. The van der Waals surface area contributed by atoms with Gasteiger partial charge in [-0.25, -0.2) is 0 Å². The van der Waals surface area contributed by atoms with E-state index in [4.69, 9.17) is 0 Å². The number of nitrogens with one attached hydrogen (secondary N) is 4. The standard InChI is InChI=1S/C38H58N4O6/c1-4-7-9-13-18-28-22-24-33(43)31(26-28)37(47)41-39-35(45)21-16-12-11-15-20-30(17-6-3)36(46)40-42-38(48)32-27-29(23-25-34(32)44)19-14-10-8-5-2/h22-27,30,43-44H,4-21H2,1-3H3,(H,39,45)(H,40,46)(H,41,47)(H,42,48). The summed E-state index contributed by atoms with van der Waals surface area (Å²) in [7, 11) is 0. The summed E-state index contributed by atoms with van der Waals surface area (Å²) in [6.45, 7) is 6.31. The Bertz CT molecular complexity index is 1300. The third-order valence-corrected chi connectivity index (χ3v) is 8.58. The number of unbranched alkanes of at least 4 members (excludes halogenated alkanes) is 9. The molecule has 10 heteroatoms. The number of hydrazine groups is 2. The fourth-order valence-corrected chi connectivity index (χ4v) is 5.68. The summed E-state index contributed by atoms with van der Waals surface area (Å²) in [5.41, 5.74) is 12.1. The second kappa shape index (κ2) is 23.3. The van der Waals surface area contributed by atoms with Crippen molar-refractivity contribution in [3.05, 3.63) is 58.7 Å². The molecule has 266 valence electrons. The highest BCUT2D eigenvalue weighted by atomic mass is 16.3. The van der Waals surface area contributed by atoms with Gasteiger partial charge in [-0.15, -0.1) is 0 Å². The minimum atomic E-state index is -0.559. The molecule has 4 amide bonds. The van der Waals surface area contributed by atoms with Gasteiger partial charge in [0.25, 0.3) is 11.8 Å². The number of rotatable bonds is 22. The second-order valence-corrected chi connectivity index (χ2v) is 12.7. The van der Waals surface area contributed by atoms with Crippen molar-refractivity contribution in [2.75, 3.05) is 0 Å². The molecule has 0 saturated heterocycles. The topological polar surface area (TPSA) is 157 Å². The van der Waals surface area contributed by atoms with Crippen molar-refractivity contribution >= 4 is 23.6 Å². The number of aromatic hydroxyl groups is 2. The van der Waals surface area contributed by atoms with Gasteiger partial charge >= 0.3 is 0 Å². The summed E-state index contributed by atoms with van der Waals surface area (Å²) in [5, 5.41) is 20.4. The Hall–Kier alpha value is -4.08. The predicted octanol–water partition coefficient (Wildman–Crippen LogP) is 7.32. The van der Waals surface area contributed by atoms with Crippen LogP contribution in [0.15, 0.2) is 36.4 Å². The van der Waals surface area contributed by atoms with E-state index in [1.807, 2.05) is 19.1 Å². The van der Waals surface area contributed by atoms with Gasteiger partial charge in [-0.2, -0.15) is 0 Å². The summed E-state index contributed by atoms with van der Waals surface area (Å²) < 4.78 is 0. The molecule has 2 aromatic carbocycles. The van der Waals surface area contributed by atoms with Crippen LogP contribution in [0.25, 0.3) is 0 Å². The van der Waals surface area contributed by atoms with Crippen LogP contribution in [0.5, 0.6) is 11.5 Å². The molecule has 0 aromatic heterocycles. The molecule has 0 spiro atoms. The Morgan fingerprint density at radius 2 is 1.06 bits per heavy atom. The van der Waals surface area contributed by atoms with Crippen LogP contribution in [0.2, 0.25) is 0 Å². The van der Waals surface area contributed by atoms with Gasteiger partial charge in [-0.1, -0.05) is 97.1 Å². The monoisotopic (exact) mass is 666 g/mol. The van der Waals surface area contributed by atoms with Crippen LogP contribution in [0.1, 0.15) is 155 Å². The van der Waals surface area contributed by atoms with Crippen molar-refractivity contribution in [2.24, 2.45) is 5.92 Å². The Morgan fingerprint density at radius 1 is 0.562 bits per heavy atom. The lowest BCUT2D eigenvalue weighted by Crippen LogP contribution is -2.44. The number of carbonyl (C=O) groups excluding carboxylic acids is 4. The lowest BCUT2D eigenvalue weighted by molar-refractivity contribution is -0.126. The average molecular weight is 667 g/mol. The first-order chi connectivity index (χ1) is 23.2. The summed E-state index contributed by atoms with van der Waals surface area (Å²) in [5.74, 6) is -2.21. The van der Waals surface area contributed by atoms with Crippen LogP contribution < -0.4 is 21.7 Å². The number of hydrogen-bond acceptors (Lipinski definition) is 6. The van der Waals surface area contributed by atoms with Crippen LogP contribution in [0.4, 0.5) is 0 Å². The van der Waals surface area contributed by atoms with Crippen LogP contribution >= 0.6 is 0 Å². The molecule has 0 heterocycles. The molecule has 0 saturated carbocycles. The minimum Gasteiger partial charge on any atom is -0.507 e. The number of amides is 4. The number of carbonyl (C=O) groups is 4. The fraction of sp³-hybridized carbons (Fsp3) is 0.579. The van der Waals surface area contributed by atoms with E-state index in [0.29, 0.717) is 19.3 Å². The van der Waals surface area contributed by atoms with Crippen molar-refractivity contribution < 1.29 is 29.4 Å². The van der Waals surface area contributed by atoms with E-state index >= 15 is 0 Å². The molecule has 1 unspecified atom stereocenters. The second-order valence-electron chi connectivity index (χ2n) is 12.7. The maximum Gasteiger partial charge on any atom is 0.273 e. The number of hydrogen-bond donors (Lipinski definition) is 6. The van der Waals surface area contributed by atoms with E-state index in [1.165, 1.54) is 12.1 Å². The smallest absolute Gasteiger partial charge is 0.273 e. The molecule has 2 rings (SSSR count). The van der Waals surface area contributed by atoms with Crippen molar-refractivity contribution in [1.29, 1.82) is 0 Å². The molecule has 48 heavy (non-hydrogen) atoms. The van der Waals surface area contributed by atoms with E-state index in [0.717, 1.165) is 101 Å². The first kappa shape index (κ1) is 40.1. The predicted molar refractivity (Wildman–Crippen MR) is 189 cm³/mol. The van der Waals surface area contributed by atoms with E-state index in [-0.39, 0.29) is 46.8 Å². The van der Waals surface area contributed by atoms with E-state index < -0.39 is 11.8 Å². The molecule has 0 aliphatic heterocycles. The molecule has 10 nitrogen and oxygen atoms in total. The van der Waals surface area contributed by atoms with Crippen molar-refractivity contribution in [3.8, 4) is 11.5 Å². The number of phenolic OH excluding ortho intramolecular Hbond substituents is 2. The minimum absolute atomic E-state index is 0.127. The zero-order chi connectivity index (χ0) is 35.1. The SMILES string of the molecule is CCCCCCc1ccc(O)c(C(=O)NNC(=O)CCCCCCC(CCC)C(=O)NNC(=O)c2cc(CCCCCC)ccc2O)c1. The van der Waals surface area contributed by atoms with Crippen molar-refractivity contribution in [1.82, 2.24) is 21.7 Å². The number of phenols is 2. The van der Waals surface area contributed by atoms with Crippen molar-refractivity contribution in [3.63, 3.8) is 0 Å². The zero-order valence-electron chi connectivity index (χ0n) is 29.3. The summed E-state index contributed by atoms with van der Waals surface area (Å²) in [6.07, 6.45) is 16.0. The van der Waals surface area contributed by atoms with Gasteiger partial charge in [0, 0.05) is 12.3 Å². The van der Waals surface area contributed by atoms with Gasteiger partial charge in [0.1, 0.15) is 11.5 Å². The zero-order valence-corrected chi connectivity index (χ0v) is 29.3. The maximum atomic E-state index is 12.9. The van der Waals surface area contributed by atoms with Crippen LogP contribution in [-0.4, -0.2) is 33.8 Å². The first-order valence-corrected chi connectivity index (χ1v) is 18.0. The molecule has 2 aromatic rings. The highest BCUT2D eigenvalue weighted by molar-refractivity contribution is 5.98. The van der Waals surface area contributed by atoms with E-state index in [1.54, 1.807) is 12.1 Å². The molecule has 0 aliphatic rings. The normalized spacial score (nSPS) is 11.5.